The summed E-state index contributed by atoms with van der Waals surface area (Å²) in [7, 11) is 1.80. The van der Waals surface area contributed by atoms with E-state index >= 15 is 0 Å². The molecule has 0 saturated carbocycles. The number of nitrogen functional groups attached to an aromatic ring is 1. The van der Waals surface area contributed by atoms with Crippen LogP contribution < -0.4 is 11.5 Å². The first-order valence-electron chi connectivity index (χ1n) is 4.78. The van der Waals surface area contributed by atoms with E-state index in [0.29, 0.717) is 5.82 Å². The maximum Gasteiger partial charge on any atom is 0.121 e. The Kier molecular flexibility index (Phi) is 2.43. The van der Waals surface area contributed by atoms with Gasteiger partial charge in [-0.05, 0) is 5.56 Å². The van der Waals surface area contributed by atoms with Gasteiger partial charge >= 0.3 is 0 Å². The van der Waals surface area contributed by atoms with E-state index in [0.717, 1.165) is 11.3 Å². The molecule has 4 N–H and O–H groups in total. The van der Waals surface area contributed by atoms with E-state index in [4.69, 9.17) is 11.5 Å². The van der Waals surface area contributed by atoms with Crippen molar-refractivity contribution >= 4 is 5.82 Å². The maximum atomic E-state index is 6.07. The standard InChI is InChI=1S/C11H14N4/c1-15-10(12)7-9(14-15)11(13)8-5-3-2-4-6-8/h2-7,11H,12-13H2,1H3. The van der Waals surface area contributed by atoms with Crippen molar-refractivity contribution < 1.29 is 0 Å². The predicted octanol–water partition coefficient (Wildman–Crippen LogP) is 1.05. The molecule has 15 heavy (non-hydrogen) atoms. The summed E-state index contributed by atoms with van der Waals surface area (Å²) in [5.41, 5.74) is 13.6. The summed E-state index contributed by atoms with van der Waals surface area (Å²) in [6.07, 6.45) is 0. The van der Waals surface area contributed by atoms with Gasteiger partial charge in [-0.15, -0.1) is 0 Å². The summed E-state index contributed by atoms with van der Waals surface area (Å²) in [6.45, 7) is 0. The van der Waals surface area contributed by atoms with Gasteiger partial charge in [0.2, 0.25) is 0 Å². The van der Waals surface area contributed by atoms with E-state index in [1.807, 2.05) is 30.3 Å². The zero-order chi connectivity index (χ0) is 10.8. The number of nitrogens with two attached hydrogens (primary N) is 2. The molecule has 0 radical (unpaired) electrons. The summed E-state index contributed by atoms with van der Waals surface area (Å²) in [6, 6.07) is 11.4. The Morgan fingerprint density at radius 1 is 1.27 bits per heavy atom. The topological polar surface area (TPSA) is 69.9 Å². The van der Waals surface area contributed by atoms with Crippen LogP contribution in [0.25, 0.3) is 0 Å². The molecule has 0 bridgehead atoms. The number of hydrogen-bond donors (Lipinski definition) is 2. The summed E-state index contributed by atoms with van der Waals surface area (Å²) >= 11 is 0. The zero-order valence-corrected chi connectivity index (χ0v) is 8.59. The van der Waals surface area contributed by atoms with Crippen LogP contribution in [0.2, 0.25) is 0 Å². The molecule has 1 heterocycles. The van der Waals surface area contributed by atoms with Crippen LogP contribution >= 0.6 is 0 Å². The lowest BCUT2D eigenvalue weighted by Crippen LogP contribution is -2.12. The number of nitrogens with zero attached hydrogens (tertiary/aromatic N) is 2. The summed E-state index contributed by atoms with van der Waals surface area (Å²) < 4.78 is 1.62. The first-order valence-corrected chi connectivity index (χ1v) is 4.78. The Balaban J connectivity index is 2.32. The molecule has 2 aromatic rings. The van der Waals surface area contributed by atoms with E-state index in [1.54, 1.807) is 17.8 Å². The second-order valence-electron chi connectivity index (χ2n) is 3.51. The quantitative estimate of drug-likeness (QED) is 0.764. The van der Waals surface area contributed by atoms with Gasteiger partial charge in [-0.2, -0.15) is 5.10 Å². The maximum absolute atomic E-state index is 6.07. The highest BCUT2D eigenvalue weighted by Gasteiger charge is 2.12. The number of aromatic nitrogens is 2. The highest BCUT2D eigenvalue weighted by atomic mass is 15.3. The third kappa shape index (κ3) is 1.85. The molecule has 1 aromatic heterocycles. The molecule has 4 heteroatoms. The van der Waals surface area contributed by atoms with Gasteiger partial charge in [0.05, 0.1) is 11.7 Å². The number of benzene rings is 1. The Bertz CT molecular complexity index is 427. The highest BCUT2D eigenvalue weighted by molar-refractivity contribution is 5.35. The summed E-state index contributed by atoms with van der Waals surface area (Å²) in [5, 5.41) is 4.25. The Morgan fingerprint density at radius 2 is 1.93 bits per heavy atom. The second kappa shape index (κ2) is 3.74. The van der Waals surface area contributed by atoms with Crippen LogP contribution in [0.15, 0.2) is 36.4 Å². The van der Waals surface area contributed by atoms with Crippen molar-refractivity contribution in [2.24, 2.45) is 12.8 Å². The van der Waals surface area contributed by atoms with Crippen molar-refractivity contribution in [3.8, 4) is 0 Å². The molecule has 0 fully saturated rings. The number of rotatable bonds is 2. The van der Waals surface area contributed by atoms with Crippen LogP contribution in [-0.4, -0.2) is 9.78 Å². The smallest absolute Gasteiger partial charge is 0.121 e. The molecule has 1 unspecified atom stereocenters. The first-order chi connectivity index (χ1) is 7.18. The number of hydrogen-bond acceptors (Lipinski definition) is 3. The molecule has 1 atom stereocenters. The normalized spacial score (nSPS) is 12.7. The van der Waals surface area contributed by atoms with Crippen LogP contribution in [0.1, 0.15) is 17.3 Å². The van der Waals surface area contributed by atoms with Gasteiger partial charge in [-0.25, -0.2) is 0 Å². The molecule has 1 aromatic carbocycles. The lowest BCUT2D eigenvalue weighted by Gasteiger charge is -2.07. The van der Waals surface area contributed by atoms with Crippen LogP contribution in [0, 0.1) is 0 Å². The SMILES string of the molecule is Cn1nc(C(N)c2ccccc2)cc1N. The van der Waals surface area contributed by atoms with Gasteiger partial charge in [-0.3, -0.25) is 4.68 Å². The molecule has 0 aliphatic rings. The van der Waals surface area contributed by atoms with Crippen LogP contribution in [0.3, 0.4) is 0 Å². The van der Waals surface area contributed by atoms with Crippen molar-refractivity contribution in [1.82, 2.24) is 9.78 Å². The molecule has 4 nitrogen and oxygen atoms in total. The third-order valence-electron chi connectivity index (χ3n) is 2.41. The average Bonchev–Trinajstić information content (AvgIpc) is 2.59. The number of anilines is 1. The van der Waals surface area contributed by atoms with Crippen LogP contribution in [-0.2, 0) is 7.05 Å². The lowest BCUT2D eigenvalue weighted by molar-refractivity contribution is 0.722. The fraction of sp³-hybridized carbons (Fsp3) is 0.182. The Morgan fingerprint density at radius 3 is 2.47 bits per heavy atom. The van der Waals surface area contributed by atoms with E-state index in [-0.39, 0.29) is 6.04 Å². The van der Waals surface area contributed by atoms with Crippen LogP contribution in [0.4, 0.5) is 5.82 Å². The fourth-order valence-corrected chi connectivity index (χ4v) is 1.49. The second-order valence-corrected chi connectivity index (χ2v) is 3.51. The van der Waals surface area contributed by atoms with Gasteiger partial charge in [0, 0.05) is 13.1 Å². The molecule has 2 rings (SSSR count). The van der Waals surface area contributed by atoms with Gasteiger partial charge in [0.1, 0.15) is 5.82 Å². The minimum Gasteiger partial charge on any atom is -0.384 e. The molecule has 78 valence electrons. The van der Waals surface area contributed by atoms with Gasteiger partial charge < -0.3 is 11.5 Å². The predicted molar refractivity (Wildman–Crippen MR) is 60.1 cm³/mol. The Labute approximate surface area is 88.5 Å². The van der Waals surface area contributed by atoms with Crippen molar-refractivity contribution in [2.45, 2.75) is 6.04 Å². The summed E-state index contributed by atoms with van der Waals surface area (Å²) in [4.78, 5) is 0. The molecule has 0 spiro atoms. The van der Waals surface area contributed by atoms with Gasteiger partial charge in [0.15, 0.2) is 0 Å². The molecule has 0 saturated heterocycles. The van der Waals surface area contributed by atoms with Gasteiger partial charge in [-0.1, -0.05) is 30.3 Å². The van der Waals surface area contributed by atoms with Crippen LogP contribution in [0.5, 0.6) is 0 Å². The van der Waals surface area contributed by atoms with Gasteiger partial charge in [0.25, 0.3) is 0 Å². The van der Waals surface area contributed by atoms with E-state index in [2.05, 4.69) is 5.10 Å². The molecule has 0 aliphatic heterocycles. The monoisotopic (exact) mass is 202 g/mol. The molecular weight excluding hydrogens is 188 g/mol. The van der Waals surface area contributed by atoms with Crippen molar-refractivity contribution in [3.63, 3.8) is 0 Å². The highest BCUT2D eigenvalue weighted by Crippen LogP contribution is 2.19. The van der Waals surface area contributed by atoms with E-state index < -0.39 is 0 Å². The molecule has 0 aliphatic carbocycles. The van der Waals surface area contributed by atoms with Crippen molar-refractivity contribution in [2.75, 3.05) is 5.73 Å². The Hall–Kier alpha value is -1.81. The molecule has 0 amide bonds. The largest absolute Gasteiger partial charge is 0.384 e. The minimum atomic E-state index is -0.213. The fourth-order valence-electron chi connectivity index (χ4n) is 1.49. The third-order valence-corrected chi connectivity index (χ3v) is 2.41. The van der Waals surface area contributed by atoms with E-state index in [1.165, 1.54) is 0 Å². The lowest BCUT2D eigenvalue weighted by atomic mass is 10.1. The zero-order valence-electron chi connectivity index (χ0n) is 8.59. The minimum absolute atomic E-state index is 0.213. The van der Waals surface area contributed by atoms with Crippen molar-refractivity contribution in [3.05, 3.63) is 47.7 Å². The van der Waals surface area contributed by atoms with Crippen molar-refractivity contribution in [1.29, 1.82) is 0 Å². The average molecular weight is 202 g/mol. The number of aryl methyl sites for hydroxylation is 1. The molecular formula is C11H14N4. The first kappa shape index (κ1) is 9.73. The van der Waals surface area contributed by atoms with E-state index in [9.17, 15) is 0 Å². The summed E-state index contributed by atoms with van der Waals surface area (Å²) in [5.74, 6) is 0.622.